The summed E-state index contributed by atoms with van der Waals surface area (Å²) >= 11 is 6.17. The monoisotopic (exact) mass is 270 g/mol. The van der Waals surface area contributed by atoms with E-state index in [4.69, 9.17) is 17.3 Å². The molecule has 2 unspecified atom stereocenters. The van der Waals surface area contributed by atoms with Gasteiger partial charge in [0.15, 0.2) is 0 Å². The minimum atomic E-state index is -0.244. The molecule has 2 rings (SSSR count). The molecule has 0 amide bonds. The standard InChI is InChI=1S/C14H20ClFN2/c1-2-8-18-9-4-7-12(17)14(18)13-10(15)5-3-6-11(13)16/h3,5-6,12,14H,2,4,7-9,17H2,1H3. The molecule has 0 spiro atoms. The van der Waals surface area contributed by atoms with Gasteiger partial charge in [-0.3, -0.25) is 4.90 Å². The van der Waals surface area contributed by atoms with E-state index in [9.17, 15) is 4.39 Å². The smallest absolute Gasteiger partial charge is 0.129 e. The van der Waals surface area contributed by atoms with Crippen molar-refractivity contribution < 1.29 is 4.39 Å². The maximum atomic E-state index is 14.1. The molecule has 0 radical (unpaired) electrons. The largest absolute Gasteiger partial charge is 0.326 e. The van der Waals surface area contributed by atoms with Gasteiger partial charge in [0, 0.05) is 16.6 Å². The molecule has 0 aromatic heterocycles. The Hall–Kier alpha value is -0.640. The number of benzene rings is 1. The van der Waals surface area contributed by atoms with Gasteiger partial charge in [-0.25, -0.2) is 4.39 Å². The number of likely N-dealkylation sites (tertiary alicyclic amines) is 1. The molecule has 0 bridgehead atoms. The first kappa shape index (κ1) is 13.8. The summed E-state index contributed by atoms with van der Waals surface area (Å²) in [4.78, 5) is 2.26. The molecule has 0 aliphatic carbocycles. The molecule has 2 atom stereocenters. The van der Waals surface area contributed by atoms with Crippen molar-refractivity contribution in [1.82, 2.24) is 4.90 Å². The molecule has 1 fully saturated rings. The lowest BCUT2D eigenvalue weighted by Gasteiger charge is -2.40. The van der Waals surface area contributed by atoms with Crippen LogP contribution in [0.1, 0.15) is 37.8 Å². The summed E-state index contributed by atoms with van der Waals surface area (Å²) in [5.74, 6) is -0.244. The van der Waals surface area contributed by atoms with E-state index in [2.05, 4.69) is 11.8 Å². The summed E-state index contributed by atoms with van der Waals surface area (Å²) < 4.78 is 14.1. The zero-order chi connectivity index (χ0) is 13.1. The molecular weight excluding hydrogens is 251 g/mol. The lowest BCUT2D eigenvalue weighted by Crippen LogP contribution is -2.46. The van der Waals surface area contributed by atoms with Crippen molar-refractivity contribution in [2.24, 2.45) is 5.73 Å². The van der Waals surface area contributed by atoms with Gasteiger partial charge in [-0.05, 0) is 44.5 Å². The Morgan fingerprint density at radius 1 is 1.50 bits per heavy atom. The number of rotatable bonds is 3. The van der Waals surface area contributed by atoms with Crippen LogP contribution in [0, 0.1) is 5.82 Å². The highest BCUT2D eigenvalue weighted by molar-refractivity contribution is 6.31. The van der Waals surface area contributed by atoms with Crippen molar-refractivity contribution in [3.05, 3.63) is 34.6 Å². The Balaban J connectivity index is 2.37. The minimum Gasteiger partial charge on any atom is -0.326 e. The Labute approximate surface area is 113 Å². The topological polar surface area (TPSA) is 29.3 Å². The molecule has 1 aliphatic heterocycles. The van der Waals surface area contributed by atoms with Gasteiger partial charge in [0.1, 0.15) is 5.82 Å². The van der Waals surface area contributed by atoms with Gasteiger partial charge in [0.05, 0.1) is 6.04 Å². The average Bonchev–Trinajstić information content (AvgIpc) is 2.32. The third kappa shape index (κ3) is 2.68. The van der Waals surface area contributed by atoms with E-state index >= 15 is 0 Å². The summed E-state index contributed by atoms with van der Waals surface area (Å²) in [6, 6.07) is 4.71. The van der Waals surface area contributed by atoms with Gasteiger partial charge in [0.25, 0.3) is 0 Å². The van der Waals surface area contributed by atoms with Crippen LogP contribution >= 0.6 is 11.6 Å². The molecule has 18 heavy (non-hydrogen) atoms. The van der Waals surface area contributed by atoms with Gasteiger partial charge in [-0.15, -0.1) is 0 Å². The molecule has 2 nitrogen and oxygen atoms in total. The van der Waals surface area contributed by atoms with Crippen molar-refractivity contribution in [2.45, 2.75) is 38.3 Å². The highest BCUT2D eigenvalue weighted by atomic mass is 35.5. The van der Waals surface area contributed by atoms with E-state index in [1.807, 2.05) is 0 Å². The minimum absolute atomic E-state index is 0.0419. The number of hydrogen-bond acceptors (Lipinski definition) is 2. The molecule has 100 valence electrons. The summed E-state index contributed by atoms with van der Waals surface area (Å²) in [7, 11) is 0. The number of halogens is 2. The van der Waals surface area contributed by atoms with Gasteiger partial charge >= 0.3 is 0 Å². The van der Waals surface area contributed by atoms with Crippen molar-refractivity contribution in [3.8, 4) is 0 Å². The van der Waals surface area contributed by atoms with Gasteiger partial charge in [-0.1, -0.05) is 24.6 Å². The second-order valence-corrected chi connectivity index (χ2v) is 5.33. The Morgan fingerprint density at radius 2 is 2.28 bits per heavy atom. The summed E-state index contributed by atoms with van der Waals surface area (Å²) in [5.41, 5.74) is 6.77. The summed E-state index contributed by atoms with van der Waals surface area (Å²) in [5, 5.41) is 0.485. The first-order valence-electron chi connectivity index (χ1n) is 6.58. The van der Waals surface area contributed by atoms with Crippen LogP contribution in [0.15, 0.2) is 18.2 Å². The van der Waals surface area contributed by atoms with Gasteiger partial charge in [-0.2, -0.15) is 0 Å². The van der Waals surface area contributed by atoms with Crippen LogP contribution in [0.5, 0.6) is 0 Å². The van der Waals surface area contributed by atoms with Crippen molar-refractivity contribution in [3.63, 3.8) is 0 Å². The third-order valence-electron chi connectivity index (χ3n) is 3.59. The average molecular weight is 271 g/mol. The zero-order valence-corrected chi connectivity index (χ0v) is 11.5. The fraction of sp³-hybridized carbons (Fsp3) is 0.571. The van der Waals surface area contributed by atoms with E-state index in [0.29, 0.717) is 10.6 Å². The molecule has 4 heteroatoms. The van der Waals surface area contributed by atoms with E-state index in [-0.39, 0.29) is 17.9 Å². The lowest BCUT2D eigenvalue weighted by atomic mass is 9.90. The van der Waals surface area contributed by atoms with Gasteiger partial charge in [0.2, 0.25) is 0 Å². The molecule has 0 saturated carbocycles. The Kier molecular flexibility index (Phi) is 4.60. The fourth-order valence-electron chi connectivity index (χ4n) is 2.83. The molecule has 1 aliphatic rings. The van der Waals surface area contributed by atoms with Gasteiger partial charge < -0.3 is 5.73 Å². The Morgan fingerprint density at radius 3 is 2.94 bits per heavy atom. The highest BCUT2D eigenvalue weighted by Gasteiger charge is 2.32. The van der Waals surface area contributed by atoms with Crippen LogP contribution in [0.3, 0.4) is 0 Å². The number of nitrogens with two attached hydrogens (primary N) is 1. The maximum Gasteiger partial charge on any atom is 0.129 e. The van der Waals surface area contributed by atoms with E-state index in [1.54, 1.807) is 12.1 Å². The summed E-state index contributed by atoms with van der Waals surface area (Å²) in [6.07, 6.45) is 3.04. The second-order valence-electron chi connectivity index (χ2n) is 4.92. The first-order chi connectivity index (χ1) is 8.65. The van der Waals surface area contributed by atoms with Crippen LogP contribution in [-0.2, 0) is 0 Å². The summed E-state index contributed by atoms with van der Waals surface area (Å²) in [6.45, 7) is 4.03. The predicted molar refractivity (Wildman–Crippen MR) is 73.2 cm³/mol. The molecule has 1 aromatic carbocycles. The zero-order valence-electron chi connectivity index (χ0n) is 10.7. The normalized spacial score (nSPS) is 25.3. The highest BCUT2D eigenvalue weighted by Crippen LogP contribution is 2.35. The molecular formula is C14H20ClFN2. The van der Waals surface area contributed by atoms with Crippen LogP contribution in [0.2, 0.25) is 5.02 Å². The molecule has 1 aromatic rings. The number of nitrogens with zero attached hydrogens (tertiary/aromatic N) is 1. The predicted octanol–water partition coefficient (Wildman–Crippen LogP) is 3.35. The van der Waals surface area contributed by atoms with Crippen LogP contribution in [0.4, 0.5) is 4.39 Å². The van der Waals surface area contributed by atoms with Crippen LogP contribution in [-0.4, -0.2) is 24.0 Å². The molecule has 2 N–H and O–H groups in total. The number of hydrogen-bond donors (Lipinski definition) is 1. The third-order valence-corrected chi connectivity index (χ3v) is 3.92. The van der Waals surface area contributed by atoms with E-state index < -0.39 is 0 Å². The SMILES string of the molecule is CCCN1CCCC(N)C1c1c(F)cccc1Cl. The second kappa shape index (κ2) is 6.00. The first-order valence-corrected chi connectivity index (χ1v) is 6.96. The quantitative estimate of drug-likeness (QED) is 0.913. The Bertz CT molecular complexity index is 389. The molecule has 1 heterocycles. The lowest BCUT2D eigenvalue weighted by molar-refractivity contribution is 0.126. The fourth-order valence-corrected chi connectivity index (χ4v) is 3.10. The van der Waals surface area contributed by atoms with Crippen molar-refractivity contribution >= 4 is 11.6 Å². The van der Waals surface area contributed by atoms with E-state index in [1.165, 1.54) is 6.07 Å². The number of piperidine rings is 1. The van der Waals surface area contributed by atoms with Crippen LogP contribution < -0.4 is 5.73 Å². The maximum absolute atomic E-state index is 14.1. The van der Waals surface area contributed by atoms with Crippen molar-refractivity contribution in [2.75, 3.05) is 13.1 Å². The van der Waals surface area contributed by atoms with Crippen LogP contribution in [0.25, 0.3) is 0 Å². The molecule has 1 saturated heterocycles. The van der Waals surface area contributed by atoms with E-state index in [0.717, 1.165) is 32.4 Å². The van der Waals surface area contributed by atoms with Crippen molar-refractivity contribution in [1.29, 1.82) is 0 Å².